The minimum atomic E-state index is -0.833. The summed E-state index contributed by atoms with van der Waals surface area (Å²) in [5.74, 6) is -0.833. The summed E-state index contributed by atoms with van der Waals surface area (Å²) < 4.78 is 0. The number of carbonyl (C=O) groups is 1. The van der Waals surface area contributed by atoms with Crippen LogP contribution >= 0.6 is 0 Å². The third-order valence-corrected chi connectivity index (χ3v) is 0. The van der Waals surface area contributed by atoms with E-state index in [2.05, 4.69) is 0 Å². The first-order valence-corrected chi connectivity index (χ1v) is 0.928. The molecule has 36 valence electrons. The van der Waals surface area contributed by atoms with Crippen LogP contribution in [-0.4, -0.2) is 48.8 Å². The number of hydrogen-bond donors (Lipinski definition) is 2. The van der Waals surface area contributed by atoms with Gasteiger partial charge >= 0.3 is 37.7 Å². The second-order valence-electron chi connectivity index (χ2n) is 0.519. The Morgan fingerprint density at radius 2 is 1.83 bits per heavy atom. The van der Waals surface area contributed by atoms with Gasteiger partial charge in [0.05, 0.1) is 0 Å². The molecule has 0 aliphatic rings. The molecule has 6 heavy (non-hydrogen) atoms. The van der Waals surface area contributed by atoms with Crippen molar-refractivity contribution in [2.24, 2.45) is 0 Å². The summed E-state index contributed by atoms with van der Waals surface area (Å²) in [7, 11) is 0. The molecule has 0 unspecified atom stereocenters. The van der Waals surface area contributed by atoms with Crippen LogP contribution in [0.5, 0.6) is 0 Å². The Morgan fingerprint density at radius 3 is 1.83 bits per heavy atom. The first kappa shape index (κ1) is 15.9. The fourth-order valence-electron chi connectivity index (χ4n) is 0. The molecular formula is C2H9CaNO2. The van der Waals surface area contributed by atoms with E-state index in [4.69, 9.17) is 9.90 Å². The zero-order chi connectivity index (χ0) is 3.58. The molecule has 0 heterocycles. The van der Waals surface area contributed by atoms with Gasteiger partial charge in [0.25, 0.3) is 5.97 Å². The summed E-state index contributed by atoms with van der Waals surface area (Å²) in [5.41, 5.74) is 0. The Hall–Kier alpha value is 0.690. The van der Waals surface area contributed by atoms with Crippen LogP contribution in [-0.2, 0) is 4.79 Å². The summed E-state index contributed by atoms with van der Waals surface area (Å²) >= 11 is 0. The molecule has 0 atom stereocenters. The van der Waals surface area contributed by atoms with Gasteiger partial charge in [-0.3, -0.25) is 4.79 Å². The quantitative estimate of drug-likeness (QED) is 0.444. The summed E-state index contributed by atoms with van der Waals surface area (Å²) in [5, 5.41) is 7.42. The van der Waals surface area contributed by atoms with Crippen molar-refractivity contribution in [1.29, 1.82) is 0 Å². The van der Waals surface area contributed by atoms with Crippen molar-refractivity contribution >= 4 is 43.7 Å². The summed E-state index contributed by atoms with van der Waals surface area (Å²) in [6.45, 7) is 1.08. The molecule has 0 aliphatic heterocycles. The molecule has 0 rings (SSSR count). The number of aliphatic carboxylic acids is 1. The molecule has 0 saturated heterocycles. The Kier molecular flexibility index (Phi) is 24.4. The van der Waals surface area contributed by atoms with Crippen LogP contribution in [0.25, 0.3) is 0 Å². The van der Waals surface area contributed by atoms with E-state index in [1.165, 1.54) is 0 Å². The SMILES string of the molecule is CC(=O)O.N.[Ca+2].[H-].[H-]. The normalized spacial score (nSPS) is 4.17. The van der Waals surface area contributed by atoms with E-state index < -0.39 is 5.97 Å². The van der Waals surface area contributed by atoms with Crippen molar-refractivity contribution in [3.63, 3.8) is 0 Å². The first-order chi connectivity index (χ1) is 1.73. The average molecular weight is 119 g/mol. The molecule has 0 aliphatic carbocycles. The van der Waals surface area contributed by atoms with E-state index in [0.717, 1.165) is 6.92 Å². The zero-order valence-corrected chi connectivity index (χ0v) is 5.98. The zero-order valence-electron chi connectivity index (χ0n) is 5.77. The fourth-order valence-corrected chi connectivity index (χ4v) is 0. The van der Waals surface area contributed by atoms with Crippen LogP contribution < -0.4 is 6.15 Å². The topological polar surface area (TPSA) is 72.3 Å². The molecule has 0 amide bonds. The minimum absolute atomic E-state index is 0. The van der Waals surface area contributed by atoms with Crippen molar-refractivity contribution in [2.45, 2.75) is 6.92 Å². The second kappa shape index (κ2) is 9.19. The van der Waals surface area contributed by atoms with E-state index in [9.17, 15) is 0 Å². The third-order valence-electron chi connectivity index (χ3n) is 0. The largest absolute Gasteiger partial charge is 2.00 e. The summed E-state index contributed by atoms with van der Waals surface area (Å²) in [6, 6.07) is 0. The van der Waals surface area contributed by atoms with Gasteiger partial charge < -0.3 is 14.1 Å². The number of carboxylic acid groups (broad SMARTS) is 1. The molecule has 0 radical (unpaired) electrons. The molecule has 3 nitrogen and oxygen atoms in total. The predicted molar refractivity (Wildman–Crippen MR) is 26.3 cm³/mol. The molecular weight excluding hydrogens is 110 g/mol. The van der Waals surface area contributed by atoms with Crippen LogP contribution in [0.2, 0.25) is 0 Å². The maximum absolute atomic E-state index is 9.00. The predicted octanol–water partition coefficient (Wildman–Crippen LogP) is 0.0971. The van der Waals surface area contributed by atoms with Gasteiger partial charge in [-0.1, -0.05) is 0 Å². The number of hydrogen-bond acceptors (Lipinski definition) is 2. The molecule has 0 fully saturated rings. The molecule has 0 aromatic rings. The van der Waals surface area contributed by atoms with Crippen molar-refractivity contribution in [3.8, 4) is 0 Å². The van der Waals surface area contributed by atoms with Gasteiger partial charge in [0.15, 0.2) is 0 Å². The first-order valence-electron chi connectivity index (χ1n) is 0.928. The van der Waals surface area contributed by atoms with Crippen molar-refractivity contribution in [1.82, 2.24) is 6.15 Å². The van der Waals surface area contributed by atoms with Crippen LogP contribution in [0.3, 0.4) is 0 Å². The van der Waals surface area contributed by atoms with Gasteiger partial charge in [-0.2, -0.15) is 0 Å². The second-order valence-corrected chi connectivity index (χ2v) is 0.519. The van der Waals surface area contributed by atoms with E-state index in [1.54, 1.807) is 0 Å². The molecule has 0 spiro atoms. The van der Waals surface area contributed by atoms with Gasteiger partial charge in [0, 0.05) is 6.92 Å². The van der Waals surface area contributed by atoms with Gasteiger partial charge in [-0.25, -0.2) is 0 Å². The van der Waals surface area contributed by atoms with Gasteiger partial charge in [-0.15, -0.1) is 0 Å². The van der Waals surface area contributed by atoms with Crippen molar-refractivity contribution in [3.05, 3.63) is 0 Å². The third kappa shape index (κ3) is 134. The minimum Gasteiger partial charge on any atom is -1.00 e. The standard InChI is InChI=1S/C2H4O2.Ca.H3N.2H/c1-2(3)4;;;;/h1H3,(H,3,4);;1H3;;/q;+2;;2*-1. The van der Waals surface area contributed by atoms with Crippen LogP contribution in [0.1, 0.15) is 9.78 Å². The van der Waals surface area contributed by atoms with Crippen LogP contribution in [0.4, 0.5) is 0 Å². The van der Waals surface area contributed by atoms with E-state index in [-0.39, 0.29) is 46.7 Å². The van der Waals surface area contributed by atoms with Crippen LogP contribution in [0.15, 0.2) is 0 Å². The average Bonchev–Trinajstić information content (AvgIpc) is 0.811. The van der Waals surface area contributed by atoms with Gasteiger partial charge in [0.2, 0.25) is 0 Å². The molecule has 4 heteroatoms. The Balaban J connectivity index is -0.00000000750. The molecule has 0 aromatic heterocycles. The monoisotopic (exact) mass is 119 g/mol. The Labute approximate surface area is 69.3 Å². The Bertz CT molecular complexity index is 41.0. The number of rotatable bonds is 0. The van der Waals surface area contributed by atoms with E-state index in [1.807, 2.05) is 0 Å². The molecule has 4 N–H and O–H groups in total. The molecule has 0 saturated carbocycles. The van der Waals surface area contributed by atoms with Crippen LogP contribution in [0, 0.1) is 0 Å². The fraction of sp³-hybridized carbons (Fsp3) is 0.500. The van der Waals surface area contributed by atoms with Crippen molar-refractivity contribution in [2.75, 3.05) is 0 Å². The summed E-state index contributed by atoms with van der Waals surface area (Å²) in [4.78, 5) is 9.00. The van der Waals surface area contributed by atoms with Crippen molar-refractivity contribution < 1.29 is 12.8 Å². The smallest absolute Gasteiger partial charge is 1.00 e. The maximum Gasteiger partial charge on any atom is 2.00 e. The van der Waals surface area contributed by atoms with E-state index in [0.29, 0.717) is 0 Å². The maximum atomic E-state index is 9.00. The van der Waals surface area contributed by atoms with E-state index >= 15 is 0 Å². The number of carboxylic acids is 1. The van der Waals surface area contributed by atoms with Gasteiger partial charge in [0.1, 0.15) is 0 Å². The molecule has 0 bridgehead atoms. The molecule has 0 aromatic carbocycles. The summed E-state index contributed by atoms with van der Waals surface area (Å²) in [6.07, 6.45) is 0. The van der Waals surface area contributed by atoms with Gasteiger partial charge in [-0.05, 0) is 0 Å². The Morgan fingerprint density at radius 1 is 1.83 bits per heavy atom.